The number of ether oxygens (including phenoxy) is 2. The van der Waals surface area contributed by atoms with Gasteiger partial charge in [-0.15, -0.1) is 0 Å². The fourth-order valence-electron chi connectivity index (χ4n) is 3.68. The predicted octanol–water partition coefficient (Wildman–Crippen LogP) is 2.86. The van der Waals surface area contributed by atoms with Crippen LogP contribution in [0.4, 0.5) is 0 Å². The number of sulfonamides is 1. The lowest BCUT2D eigenvalue weighted by Gasteiger charge is -2.23. The quantitative estimate of drug-likeness (QED) is 0.726. The molecule has 1 saturated heterocycles. The van der Waals surface area contributed by atoms with Crippen LogP contribution in [0.2, 0.25) is 0 Å². The molecular weight excluding hydrogens is 404 g/mol. The molecule has 0 aliphatic carbocycles. The Kier molecular flexibility index (Phi) is 6.67. The molecule has 0 atom stereocenters. The Morgan fingerprint density at radius 3 is 2.30 bits per heavy atom. The fraction of sp³-hybridized carbons (Fsp3) is 0.409. The zero-order valence-electron chi connectivity index (χ0n) is 17.8. The number of nitrogens with zero attached hydrogens (tertiary/aromatic N) is 2. The molecule has 0 unspecified atom stereocenters. The van der Waals surface area contributed by atoms with Crippen molar-refractivity contribution in [3.8, 4) is 11.5 Å². The molecule has 1 aliphatic heterocycles. The minimum Gasteiger partial charge on any atom is -0.493 e. The zero-order chi connectivity index (χ0) is 21.9. The van der Waals surface area contributed by atoms with Gasteiger partial charge in [0.05, 0.1) is 19.1 Å². The first kappa shape index (κ1) is 22.1. The summed E-state index contributed by atoms with van der Waals surface area (Å²) in [5, 5.41) is 0. The second kappa shape index (κ2) is 9.06. The first-order chi connectivity index (χ1) is 14.3. The van der Waals surface area contributed by atoms with Crippen LogP contribution in [-0.2, 0) is 10.0 Å². The first-order valence-corrected chi connectivity index (χ1v) is 11.3. The van der Waals surface area contributed by atoms with Crippen molar-refractivity contribution in [2.75, 3.05) is 40.4 Å². The van der Waals surface area contributed by atoms with E-state index in [-0.39, 0.29) is 17.3 Å². The summed E-state index contributed by atoms with van der Waals surface area (Å²) < 4.78 is 38.7. The monoisotopic (exact) mass is 432 g/mol. The van der Waals surface area contributed by atoms with Crippen molar-refractivity contribution < 1.29 is 22.7 Å². The summed E-state index contributed by atoms with van der Waals surface area (Å²) in [4.78, 5) is 14.8. The van der Waals surface area contributed by atoms with Crippen LogP contribution in [0.1, 0.15) is 27.9 Å². The topological polar surface area (TPSA) is 76.2 Å². The Hall–Kier alpha value is -2.58. The highest BCUT2D eigenvalue weighted by Gasteiger charge is 2.30. The third-order valence-corrected chi connectivity index (χ3v) is 7.35. The van der Waals surface area contributed by atoms with Crippen LogP contribution in [0, 0.1) is 13.8 Å². The molecule has 1 heterocycles. The van der Waals surface area contributed by atoms with Gasteiger partial charge in [0.1, 0.15) is 0 Å². The molecule has 0 aromatic heterocycles. The van der Waals surface area contributed by atoms with E-state index in [0.717, 1.165) is 5.56 Å². The standard InChI is InChI=1S/C22H28N2O5S/c1-16-7-5-8-18(13-16)22(25)23-9-6-10-24(12-11-23)30(26,27)21-15-20(29-4)19(28-3)14-17(21)2/h5,7-8,13-15H,6,9-12H2,1-4H3. The lowest BCUT2D eigenvalue weighted by molar-refractivity contribution is 0.0764. The molecule has 0 radical (unpaired) electrons. The predicted molar refractivity (Wildman–Crippen MR) is 115 cm³/mol. The van der Waals surface area contributed by atoms with E-state index in [9.17, 15) is 13.2 Å². The number of aryl methyl sites for hydroxylation is 2. The molecule has 1 amide bonds. The van der Waals surface area contributed by atoms with Gasteiger partial charge in [-0.05, 0) is 44.0 Å². The molecule has 162 valence electrons. The number of carbonyl (C=O) groups excluding carboxylic acids is 1. The van der Waals surface area contributed by atoms with Gasteiger partial charge in [0.15, 0.2) is 11.5 Å². The smallest absolute Gasteiger partial charge is 0.253 e. The Morgan fingerprint density at radius 2 is 1.63 bits per heavy atom. The van der Waals surface area contributed by atoms with Gasteiger partial charge >= 0.3 is 0 Å². The van der Waals surface area contributed by atoms with Crippen LogP contribution in [0.15, 0.2) is 41.3 Å². The van der Waals surface area contributed by atoms with Gasteiger partial charge in [-0.3, -0.25) is 4.79 Å². The van der Waals surface area contributed by atoms with Gasteiger partial charge in [-0.25, -0.2) is 8.42 Å². The molecule has 0 saturated carbocycles. The van der Waals surface area contributed by atoms with Gasteiger partial charge in [0.2, 0.25) is 10.0 Å². The lowest BCUT2D eigenvalue weighted by Crippen LogP contribution is -2.37. The van der Waals surface area contributed by atoms with Crippen molar-refractivity contribution in [1.29, 1.82) is 0 Å². The third kappa shape index (κ3) is 4.44. The molecule has 2 aromatic rings. The van der Waals surface area contributed by atoms with Crippen LogP contribution in [0.5, 0.6) is 11.5 Å². The van der Waals surface area contributed by atoms with E-state index >= 15 is 0 Å². The van der Waals surface area contributed by atoms with Crippen LogP contribution in [-0.4, -0.2) is 63.9 Å². The summed E-state index contributed by atoms with van der Waals surface area (Å²) in [5.74, 6) is 0.785. The average molecular weight is 433 g/mol. The molecule has 0 N–H and O–H groups in total. The van der Waals surface area contributed by atoms with Crippen molar-refractivity contribution in [3.05, 3.63) is 53.1 Å². The molecular formula is C22H28N2O5S. The summed E-state index contributed by atoms with van der Waals surface area (Å²) in [6.45, 7) is 5.14. The van der Waals surface area contributed by atoms with Crippen LogP contribution in [0.3, 0.4) is 0 Å². The molecule has 7 nitrogen and oxygen atoms in total. The largest absolute Gasteiger partial charge is 0.493 e. The molecule has 0 bridgehead atoms. The highest BCUT2D eigenvalue weighted by atomic mass is 32.2. The van der Waals surface area contributed by atoms with Gasteiger partial charge in [-0.2, -0.15) is 4.31 Å². The maximum Gasteiger partial charge on any atom is 0.253 e. The first-order valence-electron chi connectivity index (χ1n) is 9.86. The summed E-state index contributed by atoms with van der Waals surface area (Å²) in [7, 11) is -0.744. The van der Waals surface area contributed by atoms with E-state index in [0.29, 0.717) is 48.7 Å². The van der Waals surface area contributed by atoms with Gasteiger partial charge in [0, 0.05) is 37.8 Å². The highest BCUT2D eigenvalue weighted by Crippen LogP contribution is 2.33. The lowest BCUT2D eigenvalue weighted by atomic mass is 10.1. The van der Waals surface area contributed by atoms with Crippen molar-refractivity contribution in [2.45, 2.75) is 25.2 Å². The number of hydrogen-bond donors (Lipinski definition) is 0. The number of benzene rings is 2. The van der Waals surface area contributed by atoms with E-state index in [1.807, 2.05) is 25.1 Å². The summed E-state index contributed by atoms with van der Waals surface area (Å²) in [6.07, 6.45) is 0.573. The van der Waals surface area contributed by atoms with Gasteiger partial charge < -0.3 is 14.4 Å². The van der Waals surface area contributed by atoms with E-state index < -0.39 is 10.0 Å². The summed E-state index contributed by atoms with van der Waals surface area (Å²) in [5.41, 5.74) is 2.23. The van der Waals surface area contributed by atoms with Gasteiger partial charge in [0.25, 0.3) is 5.91 Å². The molecule has 3 rings (SSSR count). The molecule has 1 aliphatic rings. The number of methoxy groups -OCH3 is 2. The molecule has 1 fully saturated rings. The van der Waals surface area contributed by atoms with E-state index in [4.69, 9.17) is 9.47 Å². The third-order valence-electron chi connectivity index (χ3n) is 5.31. The highest BCUT2D eigenvalue weighted by molar-refractivity contribution is 7.89. The van der Waals surface area contributed by atoms with Crippen molar-refractivity contribution in [2.24, 2.45) is 0 Å². The Balaban J connectivity index is 1.81. The number of carbonyl (C=O) groups is 1. The SMILES string of the molecule is COc1cc(C)c(S(=O)(=O)N2CCCN(C(=O)c3cccc(C)c3)CC2)cc1OC. The average Bonchev–Trinajstić information content (AvgIpc) is 2.99. The van der Waals surface area contributed by atoms with Crippen molar-refractivity contribution in [1.82, 2.24) is 9.21 Å². The maximum atomic E-state index is 13.3. The number of amides is 1. The second-order valence-electron chi connectivity index (χ2n) is 7.39. The van der Waals surface area contributed by atoms with Crippen molar-refractivity contribution in [3.63, 3.8) is 0 Å². The number of rotatable bonds is 5. The minimum atomic E-state index is -3.73. The minimum absolute atomic E-state index is 0.0692. The Labute approximate surface area is 178 Å². The summed E-state index contributed by atoms with van der Waals surface area (Å²) in [6, 6.07) is 10.6. The maximum absolute atomic E-state index is 13.3. The van der Waals surface area contributed by atoms with Gasteiger partial charge in [-0.1, -0.05) is 17.7 Å². The van der Waals surface area contributed by atoms with Crippen LogP contribution in [0.25, 0.3) is 0 Å². The van der Waals surface area contributed by atoms with E-state index in [1.165, 1.54) is 24.6 Å². The molecule has 0 spiro atoms. The molecule has 2 aromatic carbocycles. The molecule has 30 heavy (non-hydrogen) atoms. The van der Waals surface area contributed by atoms with E-state index in [2.05, 4.69) is 0 Å². The zero-order valence-corrected chi connectivity index (χ0v) is 18.7. The van der Waals surface area contributed by atoms with Crippen molar-refractivity contribution >= 4 is 15.9 Å². The number of hydrogen-bond acceptors (Lipinski definition) is 5. The van der Waals surface area contributed by atoms with E-state index in [1.54, 1.807) is 24.0 Å². The Morgan fingerprint density at radius 1 is 0.933 bits per heavy atom. The van der Waals surface area contributed by atoms with Crippen LogP contribution >= 0.6 is 0 Å². The summed E-state index contributed by atoms with van der Waals surface area (Å²) >= 11 is 0. The fourth-order valence-corrected chi connectivity index (χ4v) is 5.37. The Bertz CT molecular complexity index is 1040. The normalized spacial score (nSPS) is 15.5. The van der Waals surface area contributed by atoms with Crippen LogP contribution < -0.4 is 9.47 Å². The molecule has 8 heteroatoms. The second-order valence-corrected chi connectivity index (χ2v) is 9.30.